The third-order valence-corrected chi connectivity index (χ3v) is 1.79. The molecule has 0 aromatic carbocycles. The quantitative estimate of drug-likeness (QED) is 0.731. The zero-order chi connectivity index (χ0) is 10.4. The van der Waals surface area contributed by atoms with Crippen LogP contribution >= 0.6 is 0 Å². The number of aliphatic hydroxyl groups excluding tert-OH is 1. The molecule has 0 fully saturated rings. The van der Waals surface area contributed by atoms with Gasteiger partial charge < -0.3 is 15.2 Å². The number of aliphatic hydroxyl groups is 1. The highest BCUT2D eigenvalue weighted by atomic mass is 16.5. The predicted molar refractivity (Wildman–Crippen MR) is 55.3 cm³/mol. The zero-order valence-corrected chi connectivity index (χ0v) is 8.53. The Bertz CT molecular complexity index is 261. The molecule has 0 bridgehead atoms. The van der Waals surface area contributed by atoms with Gasteiger partial charge in [0, 0.05) is 19.9 Å². The van der Waals surface area contributed by atoms with Gasteiger partial charge in [-0.05, 0) is 18.6 Å². The first-order valence-corrected chi connectivity index (χ1v) is 4.56. The maximum atomic E-state index is 9.35. The summed E-state index contributed by atoms with van der Waals surface area (Å²) in [6.45, 7) is 2.76. The van der Waals surface area contributed by atoms with Crippen LogP contribution in [0.1, 0.15) is 5.56 Å². The van der Waals surface area contributed by atoms with Crippen molar-refractivity contribution in [3.05, 3.63) is 23.9 Å². The number of pyridine rings is 1. The molecule has 0 aliphatic heterocycles. The normalized spacial score (nSPS) is 12.5. The summed E-state index contributed by atoms with van der Waals surface area (Å²) < 4.78 is 4.80. The van der Waals surface area contributed by atoms with Gasteiger partial charge in [0.25, 0.3) is 0 Å². The molecule has 0 radical (unpaired) electrons. The third kappa shape index (κ3) is 3.72. The van der Waals surface area contributed by atoms with Gasteiger partial charge in [-0.3, -0.25) is 0 Å². The van der Waals surface area contributed by atoms with Gasteiger partial charge in [0.1, 0.15) is 5.82 Å². The molecule has 0 saturated heterocycles. The second-order valence-electron chi connectivity index (χ2n) is 3.21. The standard InChI is InChI=1S/C10H16N2O2/c1-8-3-4-10(11-5-8)12-6-9(13)7-14-2/h3-5,9,13H,6-7H2,1-2H3,(H,11,12). The summed E-state index contributed by atoms with van der Waals surface area (Å²) in [5.74, 6) is 0.769. The minimum absolute atomic E-state index is 0.332. The molecule has 1 rings (SSSR count). The molecule has 4 heteroatoms. The Balaban J connectivity index is 2.34. The molecule has 0 aliphatic rings. The highest BCUT2D eigenvalue weighted by Crippen LogP contribution is 2.03. The van der Waals surface area contributed by atoms with Crippen LogP contribution in [-0.4, -0.2) is 36.5 Å². The molecular formula is C10H16N2O2. The number of aryl methyl sites for hydroxylation is 1. The molecule has 4 nitrogen and oxygen atoms in total. The molecule has 2 N–H and O–H groups in total. The average molecular weight is 196 g/mol. The van der Waals surface area contributed by atoms with Crippen LogP contribution in [0.4, 0.5) is 5.82 Å². The van der Waals surface area contributed by atoms with E-state index in [1.54, 1.807) is 13.3 Å². The van der Waals surface area contributed by atoms with E-state index >= 15 is 0 Å². The fourth-order valence-electron chi connectivity index (χ4n) is 1.05. The van der Waals surface area contributed by atoms with Crippen molar-refractivity contribution in [2.45, 2.75) is 13.0 Å². The fraction of sp³-hybridized carbons (Fsp3) is 0.500. The highest BCUT2D eigenvalue weighted by molar-refractivity contribution is 5.35. The summed E-state index contributed by atoms with van der Waals surface area (Å²) in [6.07, 6.45) is 1.29. The fourth-order valence-corrected chi connectivity index (χ4v) is 1.05. The van der Waals surface area contributed by atoms with E-state index in [1.807, 2.05) is 19.1 Å². The molecule has 78 valence electrons. The van der Waals surface area contributed by atoms with Crippen LogP contribution in [0, 0.1) is 6.92 Å². The van der Waals surface area contributed by atoms with E-state index in [0.717, 1.165) is 11.4 Å². The van der Waals surface area contributed by atoms with Gasteiger partial charge in [0.15, 0.2) is 0 Å². The van der Waals surface area contributed by atoms with Crippen LogP contribution in [0.2, 0.25) is 0 Å². The van der Waals surface area contributed by atoms with Gasteiger partial charge in [-0.25, -0.2) is 4.98 Å². The van der Waals surface area contributed by atoms with Crippen LogP contribution < -0.4 is 5.32 Å². The van der Waals surface area contributed by atoms with Gasteiger partial charge in [-0.2, -0.15) is 0 Å². The maximum absolute atomic E-state index is 9.35. The molecule has 0 spiro atoms. The first-order chi connectivity index (χ1) is 6.72. The summed E-state index contributed by atoms with van der Waals surface area (Å²) in [4.78, 5) is 4.15. The molecule has 1 atom stereocenters. The minimum atomic E-state index is -0.497. The van der Waals surface area contributed by atoms with Crippen molar-refractivity contribution >= 4 is 5.82 Å². The number of nitrogens with zero attached hydrogens (tertiary/aromatic N) is 1. The Morgan fingerprint density at radius 1 is 1.57 bits per heavy atom. The van der Waals surface area contributed by atoms with Gasteiger partial charge in [-0.1, -0.05) is 6.07 Å². The number of anilines is 1. The average Bonchev–Trinajstić information content (AvgIpc) is 2.17. The van der Waals surface area contributed by atoms with E-state index in [-0.39, 0.29) is 0 Å². The Labute approximate surface area is 83.9 Å². The number of aromatic nitrogens is 1. The van der Waals surface area contributed by atoms with Crippen LogP contribution in [0.3, 0.4) is 0 Å². The lowest BCUT2D eigenvalue weighted by Gasteiger charge is -2.10. The van der Waals surface area contributed by atoms with Crippen molar-refractivity contribution in [1.29, 1.82) is 0 Å². The number of hydrogen-bond acceptors (Lipinski definition) is 4. The molecule has 1 aromatic heterocycles. The Kier molecular flexibility index (Phi) is 4.35. The number of ether oxygens (including phenoxy) is 1. The van der Waals surface area contributed by atoms with E-state index in [0.29, 0.717) is 13.2 Å². The Hall–Kier alpha value is -1.13. The molecule has 1 heterocycles. The van der Waals surface area contributed by atoms with Crippen molar-refractivity contribution in [3.8, 4) is 0 Å². The Morgan fingerprint density at radius 2 is 2.36 bits per heavy atom. The van der Waals surface area contributed by atoms with E-state index in [1.165, 1.54) is 0 Å². The Morgan fingerprint density at radius 3 is 2.93 bits per heavy atom. The highest BCUT2D eigenvalue weighted by Gasteiger charge is 2.02. The lowest BCUT2D eigenvalue weighted by molar-refractivity contribution is 0.0727. The van der Waals surface area contributed by atoms with Crippen LogP contribution in [0.5, 0.6) is 0 Å². The zero-order valence-electron chi connectivity index (χ0n) is 8.53. The summed E-state index contributed by atoms with van der Waals surface area (Å²) in [5.41, 5.74) is 1.12. The lowest BCUT2D eigenvalue weighted by Crippen LogP contribution is -2.24. The van der Waals surface area contributed by atoms with Crippen LogP contribution in [-0.2, 0) is 4.74 Å². The molecule has 14 heavy (non-hydrogen) atoms. The first-order valence-electron chi connectivity index (χ1n) is 4.56. The maximum Gasteiger partial charge on any atom is 0.125 e. The number of methoxy groups -OCH3 is 1. The van der Waals surface area contributed by atoms with Crippen molar-refractivity contribution in [2.24, 2.45) is 0 Å². The van der Waals surface area contributed by atoms with Gasteiger partial charge >= 0.3 is 0 Å². The van der Waals surface area contributed by atoms with Crippen LogP contribution in [0.25, 0.3) is 0 Å². The topological polar surface area (TPSA) is 54.4 Å². The molecule has 1 unspecified atom stereocenters. The molecular weight excluding hydrogens is 180 g/mol. The molecule has 0 aliphatic carbocycles. The SMILES string of the molecule is COCC(O)CNc1ccc(C)cn1. The van der Waals surface area contributed by atoms with E-state index in [4.69, 9.17) is 4.74 Å². The van der Waals surface area contributed by atoms with Gasteiger partial charge in [0.05, 0.1) is 12.7 Å². The number of hydrogen-bond donors (Lipinski definition) is 2. The van der Waals surface area contributed by atoms with Gasteiger partial charge in [0.2, 0.25) is 0 Å². The molecule has 0 amide bonds. The summed E-state index contributed by atoms with van der Waals surface area (Å²) in [6, 6.07) is 3.85. The number of rotatable bonds is 5. The van der Waals surface area contributed by atoms with Crippen LogP contribution in [0.15, 0.2) is 18.3 Å². The lowest BCUT2D eigenvalue weighted by atomic mass is 10.3. The van der Waals surface area contributed by atoms with Crippen molar-refractivity contribution in [3.63, 3.8) is 0 Å². The van der Waals surface area contributed by atoms with Crippen molar-refractivity contribution in [2.75, 3.05) is 25.6 Å². The summed E-state index contributed by atoms with van der Waals surface area (Å²) in [5, 5.41) is 12.4. The predicted octanol–water partition coefficient (Wildman–Crippen LogP) is 0.809. The van der Waals surface area contributed by atoms with E-state index < -0.39 is 6.10 Å². The van der Waals surface area contributed by atoms with E-state index in [2.05, 4.69) is 10.3 Å². The van der Waals surface area contributed by atoms with E-state index in [9.17, 15) is 5.11 Å². The summed E-state index contributed by atoms with van der Waals surface area (Å²) >= 11 is 0. The first kappa shape index (κ1) is 10.9. The van der Waals surface area contributed by atoms with Crippen molar-refractivity contribution in [1.82, 2.24) is 4.98 Å². The smallest absolute Gasteiger partial charge is 0.125 e. The van der Waals surface area contributed by atoms with Gasteiger partial charge in [-0.15, -0.1) is 0 Å². The molecule has 1 aromatic rings. The monoisotopic (exact) mass is 196 g/mol. The third-order valence-electron chi connectivity index (χ3n) is 1.79. The number of nitrogens with one attached hydrogen (secondary N) is 1. The minimum Gasteiger partial charge on any atom is -0.389 e. The van der Waals surface area contributed by atoms with Crippen molar-refractivity contribution < 1.29 is 9.84 Å². The second-order valence-corrected chi connectivity index (χ2v) is 3.21. The summed E-state index contributed by atoms with van der Waals surface area (Å²) in [7, 11) is 1.56. The molecule has 0 saturated carbocycles. The largest absolute Gasteiger partial charge is 0.389 e. The second kappa shape index (κ2) is 5.57.